The summed E-state index contributed by atoms with van der Waals surface area (Å²) in [6.07, 6.45) is 2.14. The van der Waals surface area contributed by atoms with Crippen molar-refractivity contribution in [2.75, 3.05) is 35.7 Å². The van der Waals surface area contributed by atoms with Crippen LogP contribution in [0, 0.1) is 22.7 Å². The monoisotopic (exact) mass is 335 g/mol. The highest BCUT2D eigenvalue weighted by molar-refractivity contribution is 5.75. The van der Waals surface area contributed by atoms with Crippen LogP contribution < -0.4 is 15.5 Å². The molecule has 0 fully saturated rings. The number of nitriles is 2. The Hall–Kier alpha value is -3.32. The molecule has 2 aromatic rings. The highest BCUT2D eigenvalue weighted by Gasteiger charge is 2.17. The molecule has 0 unspecified atom stereocenters. The molecule has 0 aliphatic heterocycles. The van der Waals surface area contributed by atoms with Gasteiger partial charge in [0.25, 0.3) is 0 Å². The minimum atomic E-state index is 0.337. The zero-order chi connectivity index (χ0) is 18.1. The summed E-state index contributed by atoms with van der Waals surface area (Å²) in [6.45, 7) is 1.61. The molecule has 25 heavy (non-hydrogen) atoms. The minimum Gasteiger partial charge on any atom is -0.393 e. The van der Waals surface area contributed by atoms with Crippen molar-refractivity contribution in [2.45, 2.75) is 19.4 Å². The van der Waals surface area contributed by atoms with E-state index in [9.17, 15) is 0 Å². The van der Waals surface area contributed by atoms with E-state index < -0.39 is 0 Å². The molecule has 7 nitrogen and oxygen atoms in total. The number of nitrogens with zero attached hydrogens (tertiary/aromatic N) is 6. The number of hydrogen-bond acceptors (Lipinski definition) is 7. The van der Waals surface area contributed by atoms with Gasteiger partial charge < -0.3 is 15.5 Å². The Morgan fingerprint density at radius 3 is 2.20 bits per heavy atom. The summed E-state index contributed by atoms with van der Waals surface area (Å²) in [6, 6.07) is 14.3. The van der Waals surface area contributed by atoms with E-state index in [0.717, 1.165) is 5.56 Å². The smallest absolute Gasteiger partial charge is 0.157 e. The number of hydrogen-bond donors (Lipinski definition) is 1. The van der Waals surface area contributed by atoms with Crippen LogP contribution >= 0.6 is 0 Å². The van der Waals surface area contributed by atoms with E-state index in [-0.39, 0.29) is 0 Å². The molecule has 0 amide bonds. The molecule has 0 radical (unpaired) electrons. The number of nitrogen functional groups attached to an aromatic ring is 1. The highest BCUT2D eigenvalue weighted by Crippen LogP contribution is 2.29. The van der Waals surface area contributed by atoms with Crippen molar-refractivity contribution in [1.82, 2.24) is 9.97 Å². The summed E-state index contributed by atoms with van der Waals surface area (Å²) in [5.41, 5.74) is 7.91. The fraction of sp³-hybridized carbons (Fsp3) is 0.333. The zero-order valence-corrected chi connectivity index (χ0v) is 14.3. The van der Waals surface area contributed by atoms with Crippen LogP contribution in [0.4, 0.5) is 17.3 Å². The standard InChI is InChI=1S/C18H21N7/c1-24(13-15-7-3-2-4-8-15)17-16(21)18(23-14-22-17)25(11-5-9-19)12-6-10-20/h2-4,7-8,14H,5-6,11-13,21H2,1H3. The lowest BCUT2D eigenvalue weighted by Crippen LogP contribution is -2.28. The SMILES string of the molecule is CN(Cc1ccccc1)c1ncnc(N(CCC#N)CCC#N)c1N. The van der Waals surface area contributed by atoms with Crippen LogP contribution in [-0.4, -0.2) is 30.1 Å². The van der Waals surface area contributed by atoms with Crippen molar-refractivity contribution in [3.8, 4) is 12.1 Å². The van der Waals surface area contributed by atoms with Crippen LogP contribution in [-0.2, 0) is 6.54 Å². The normalized spacial score (nSPS) is 9.88. The first-order valence-corrected chi connectivity index (χ1v) is 8.01. The van der Waals surface area contributed by atoms with Crippen molar-refractivity contribution in [3.63, 3.8) is 0 Å². The molecule has 1 aromatic carbocycles. The molecular formula is C18H21N7. The van der Waals surface area contributed by atoms with Crippen molar-refractivity contribution < 1.29 is 0 Å². The first kappa shape index (κ1) is 18.0. The van der Waals surface area contributed by atoms with E-state index in [0.29, 0.717) is 49.8 Å². The first-order valence-electron chi connectivity index (χ1n) is 8.01. The van der Waals surface area contributed by atoms with Crippen molar-refractivity contribution in [3.05, 3.63) is 42.2 Å². The van der Waals surface area contributed by atoms with Crippen molar-refractivity contribution in [2.24, 2.45) is 0 Å². The molecule has 2 rings (SSSR count). The van der Waals surface area contributed by atoms with Crippen molar-refractivity contribution in [1.29, 1.82) is 10.5 Å². The van der Waals surface area contributed by atoms with Crippen LogP contribution in [0.3, 0.4) is 0 Å². The third kappa shape index (κ3) is 4.82. The summed E-state index contributed by atoms with van der Waals surface area (Å²) in [5.74, 6) is 1.20. The maximum atomic E-state index is 8.85. The van der Waals surface area contributed by atoms with E-state index >= 15 is 0 Å². The van der Waals surface area contributed by atoms with Crippen LogP contribution in [0.1, 0.15) is 18.4 Å². The molecule has 0 saturated heterocycles. The lowest BCUT2D eigenvalue weighted by Gasteiger charge is -2.26. The second-order valence-corrected chi connectivity index (χ2v) is 5.58. The predicted molar refractivity (Wildman–Crippen MR) is 97.7 cm³/mol. The Kier molecular flexibility index (Phi) is 6.56. The summed E-state index contributed by atoms with van der Waals surface area (Å²) < 4.78 is 0. The summed E-state index contributed by atoms with van der Waals surface area (Å²) in [7, 11) is 1.92. The second kappa shape index (κ2) is 9.09. The van der Waals surface area contributed by atoms with Gasteiger partial charge in [-0.05, 0) is 5.56 Å². The molecule has 128 valence electrons. The quantitative estimate of drug-likeness (QED) is 0.789. The fourth-order valence-electron chi connectivity index (χ4n) is 2.56. The Bertz CT molecular complexity index is 743. The lowest BCUT2D eigenvalue weighted by atomic mass is 10.2. The molecule has 0 spiro atoms. The predicted octanol–water partition coefficient (Wildman–Crippen LogP) is 2.33. The molecule has 2 N–H and O–H groups in total. The van der Waals surface area contributed by atoms with Crippen LogP contribution in [0.5, 0.6) is 0 Å². The Labute approximate surface area is 147 Å². The molecule has 1 heterocycles. The number of aromatic nitrogens is 2. The summed E-state index contributed by atoms with van der Waals surface area (Å²) >= 11 is 0. The first-order chi connectivity index (χ1) is 12.2. The van der Waals surface area contributed by atoms with E-state index in [4.69, 9.17) is 16.3 Å². The average Bonchev–Trinajstić information content (AvgIpc) is 2.63. The molecule has 0 atom stereocenters. The maximum Gasteiger partial charge on any atom is 0.157 e. The minimum absolute atomic E-state index is 0.337. The molecule has 0 saturated carbocycles. The van der Waals surface area contributed by atoms with Gasteiger partial charge in [-0.25, -0.2) is 9.97 Å². The third-order valence-corrected chi connectivity index (χ3v) is 3.75. The number of rotatable bonds is 8. The van der Waals surface area contributed by atoms with Gasteiger partial charge in [-0.15, -0.1) is 0 Å². The van der Waals surface area contributed by atoms with Crippen LogP contribution in [0.25, 0.3) is 0 Å². The fourth-order valence-corrected chi connectivity index (χ4v) is 2.56. The van der Waals surface area contributed by atoms with Gasteiger partial charge in [0.15, 0.2) is 11.6 Å². The lowest BCUT2D eigenvalue weighted by molar-refractivity contribution is 0.779. The van der Waals surface area contributed by atoms with E-state index in [1.807, 2.05) is 47.2 Å². The van der Waals surface area contributed by atoms with E-state index in [1.54, 1.807) is 0 Å². The Morgan fingerprint density at radius 1 is 1.00 bits per heavy atom. The van der Waals surface area contributed by atoms with E-state index in [2.05, 4.69) is 22.1 Å². The number of benzene rings is 1. The van der Waals surface area contributed by atoms with Gasteiger partial charge in [0.1, 0.15) is 12.0 Å². The third-order valence-electron chi connectivity index (χ3n) is 3.75. The highest BCUT2D eigenvalue weighted by atomic mass is 15.2. The van der Waals surface area contributed by atoms with Gasteiger partial charge >= 0.3 is 0 Å². The number of nitrogens with two attached hydrogens (primary N) is 1. The molecule has 7 heteroatoms. The molecule has 0 aliphatic rings. The second-order valence-electron chi connectivity index (χ2n) is 5.58. The average molecular weight is 335 g/mol. The molecular weight excluding hydrogens is 314 g/mol. The van der Waals surface area contributed by atoms with E-state index in [1.165, 1.54) is 6.33 Å². The summed E-state index contributed by atoms with van der Waals surface area (Å²) in [4.78, 5) is 12.4. The zero-order valence-electron chi connectivity index (χ0n) is 14.3. The van der Waals surface area contributed by atoms with Gasteiger partial charge in [-0.2, -0.15) is 10.5 Å². The van der Waals surface area contributed by atoms with Crippen LogP contribution in [0.15, 0.2) is 36.7 Å². The van der Waals surface area contributed by atoms with Gasteiger partial charge in [0.05, 0.1) is 25.0 Å². The van der Waals surface area contributed by atoms with Gasteiger partial charge in [-0.1, -0.05) is 30.3 Å². The summed E-state index contributed by atoms with van der Waals surface area (Å²) in [5, 5.41) is 17.7. The number of anilines is 3. The van der Waals surface area contributed by atoms with Gasteiger partial charge in [0, 0.05) is 26.7 Å². The Morgan fingerprint density at radius 2 is 1.60 bits per heavy atom. The van der Waals surface area contributed by atoms with Gasteiger partial charge in [-0.3, -0.25) is 0 Å². The molecule has 1 aromatic heterocycles. The Balaban J connectivity index is 2.24. The largest absolute Gasteiger partial charge is 0.393 e. The molecule has 0 aliphatic carbocycles. The molecule has 0 bridgehead atoms. The maximum absolute atomic E-state index is 8.85. The topological polar surface area (TPSA) is 106 Å². The van der Waals surface area contributed by atoms with Crippen molar-refractivity contribution >= 4 is 17.3 Å². The van der Waals surface area contributed by atoms with Crippen LogP contribution in [0.2, 0.25) is 0 Å². The van der Waals surface area contributed by atoms with Gasteiger partial charge in [0.2, 0.25) is 0 Å².